The number of fused-ring (bicyclic) bond motifs is 1. The molecule has 0 spiro atoms. The van der Waals surface area contributed by atoms with Gasteiger partial charge in [0, 0.05) is 13.1 Å². The van der Waals surface area contributed by atoms with E-state index >= 15 is 0 Å². The number of rotatable bonds is 0. The Morgan fingerprint density at radius 3 is 3.18 bits per heavy atom. The molecule has 1 aromatic heterocycles. The molecule has 62 valence electrons. The zero-order valence-corrected chi connectivity index (χ0v) is 8.28. The van der Waals surface area contributed by atoms with E-state index in [0.29, 0.717) is 0 Å². The van der Waals surface area contributed by atoms with Gasteiger partial charge in [0.05, 0.1) is 22.9 Å². The molecule has 0 saturated heterocycles. The zero-order valence-electron chi connectivity index (χ0n) is 5.88. The summed E-state index contributed by atoms with van der Waals surface area (Å²) in [6.45, 7) is 2.95. The Balaban J connectivity index is 0.000000605. The van der Waals surface area contributed by atoms with Crippen molar-refractivity contribution in [3.05, 3.63) is 16.4 Å². The predicted molar refractivity (Wildman–Crippen MR) is 48.9 cm³/mol. The van der Waals surface area contributed by atoms with E-state index in [1.807, 2.05) is 10.9 Å². The van der Waals surface area contributed by atoms with Crippen LogP contribution in [0.3, 0.4) is 0 Å². The molecular weight excluding hydrogens is 229 g/mol. The summed E-state index contributed by atoms with van der Waals surface area (Å²) in [4.78, 5) is 0. The predicted octanol–water partition coefficient (Wildman–Crippen LogP) is 1.17. The fourth-order valence-electron chi connectivity index (χ4n) is 1.15. The summed E-state index contributed by atoms with van der Waals surface area (Å²) in [7, 11) is 0. The molecular formula is C6H9BrClN3. The van der Waals surface area contributed by atoms with Crippen LogP contribution in [0.2, 0.25) is 0 Å². The van der Waals surface area contributed by atoms with E-state index in [9.17, 15) is 0 Å². The molecule has 0 fully saturated rings. The van der Waals surface area contributed by atoms with E-state index in [4.69, 9.17) is 0 Å². The molecule has 5 heteroatoms. The van der Waals surface area contributed by atoms with E-state index in [1.165, 1.54) is 5.69 Å². The van der Waals surface area contributed by atoms with Crippen LogP contribution < -0.4 is 5.32 Å². The van der Waals surface area contributed by atoms with Gasteiger partial charge in [0.25, 0.3) is 0 Å². The van der Waals surface area contributed by atoms with Crippen molar-refractivity contribution in [1.29, 1.82) is 0 Å². The lowest BCUT2D eigenvalue weighted by atomic mass is 10.3. The summed E-state index contributed by atoms with van der Waals surface area (Å²) in [6, 6.07) is 0. The molecule has 0 bridgehead atoms. The van der Waals surface area contributed by atoms with Crippen molar-refractivity contribution in [1.82, 2.24) is 15.1 Å². The molecule has 1 aliphatic rings. The summed E-state index contributed by atoms with van der Waals surface area (Å²) >= 11 is 3.43. The first-order chi connectivity index (χ1) is 4.88. The monoisotopic (exact) mass is 237 g/mol. The zero-order chi connectivity index (χ0) is 6.97. The molecule has 11 heavy (non-hydrogen) atoms. The second-order valence-corrected chi connectivity index (χ2v) is 3.19. The van der Waals surface area contributed by atoms with Crippen molar-refractivity contribution < 1.29 is 0 Å². The maximum Gasteiger partial charge on any atom is 0.0664 e. The Morgan fingerprint density at radius 1 is 1.64 bits per heavy atom. The van der Waals surface area contributed by atoms with Crippen LogP contribution in [0.4, 0.5) is 0 Å². The van der Waals surface area contributed by atoms with Crippen LogP contribution in [-0.2, 0) is 13.1 Å². The van der Waals surface area contributed by atoms with Crippen molar-refractivity contribution in [2.45, 2.75) is 13.1 Å². The minimum Gasteiger partial charge on any atom is -0.309 e. The lowest BCUT2D eigenvalue weighted by molar-refractivity contribution is 0.474. The smallest absolute Gasteiger partial charge is 0.0664 e. The average Bonchev–Trinajstić information content (AvgIpc) is 2.34. The molecule has 0 amide bonds. The van der Waals surface area contributed by atoms with Gasteiger partial charge < -0.3 is 5.32 Å². The second kappa shape index (κ2) is 3.56. The number of hydrogen-bond donors (Lipinski definition) is 1. The van der Waals surface area contributed by atoms with Gasteiger partial charge in [-0.05, 0) is 15.9 Å². The first kappa shape index (κ1) is 9.03. The van der Waals surface area contributed by atoms with Crippen molar-refractivity contribution >= 4 is 28.3 Å². The van der Waals surface area contributed by atoms with Gasteiger partial charge in [-0.3, -0.25) is 4.68 Å². The summed E-state index contributed by atoms with van der Waals surface area (Å²) in [6.07, 6.45) is 1.85. The van der Waals surface area contributed by atoms with Crippen molar-refractivity contribution in [3.8, 4) is 0 Å². The first-order valence-electron chi connectivity index (χ1n) is 3.29. The molecule has 3 nitrogen and oxygen atoms in total. The summed E-state index contributed by atoms with van der Waals surface area (Å²) in [5.74, 6) is 0. The third-order valence-electron chi connectivity index (χ3n) is 1.69. The molecule has 0 unspecified atom stereocenters. The molecule has 1 aliphatic heterocycles. The fraction of sp³-hybridized carbons (Fsp3) is 0.500. The number of aromatic nitrogens is 2. The normalized spacial score (nSPS) is 15.4. The fourth-order valence-corrected chi connectivity index (χ4v) is 1.58. The standard InChI is InChI=1S/C6H8BrN3.ClH/c7-5-3-9-10-2-1-8-4-6(5)10;/h3,8H,1-2,4H2;1H. The van der Waals surface area contributed by atoms with Crippen molar-refractivity contribution in [3.63, 3.8) is 0 Å². The highest BCUT2D eigenvalue weighted by Crippen LogP contribution is 2.16. The third kappa shape index (κ3) is 1.58. The molecule has 1 N–H and O–H groups in total. The quantitative estimate of drug-likeness (QED) is 0.735. The molecule has 2 rings (SSSR count). The van der Waals surface area contributed by atoms with E-state index in [2.05, 4.69) is 26.3 Å². The van der Waals surface area contributed by atoms with Gasteiger partial charge >= 0.3 is 0 Å². The Labute approximate surface area is 79.7 Å². The number of halogens is 2. The Hall–Kier alpha value is -0.0600. The molecule has 1 aromatic rings. The summed E-state index contributed by atoms with van der Waals surface area (Å²) in [5.41, 5.74) is 1.26. The average molecular weight is 239 g/mol. The van der Waals surface area contributed by atoms with Crippen LogP contribution >= 0.6 is 28.3 Å². The van der Waals surface area contributed by atoms with E-state index in [-0.39, 0.29) is 12.4 Å². The minimum absolute atomic E-state index is 0. The van der Waals surface area contributed by atoms with Crippen LogP contribution in [0.1, 0.15) is 5.69 Å². The molecule has 0 aromatic carbocycles. The second-order valence-electron chi connectivity index (χ2n) is 2.34. The van der Waals surface area contributed by atoms with Gasteiger partial charge in [-0.1, -0.05) is 0 Å². The topological polar surface area (TPSA) is 29.9 Å². The summed E-state index contributed by atoms with van der Waals surface area (Å²) < 4.78 is 3.14. The van der Waals surface area contributed by atoms with Crippen LogP contribution in [0.15, 0.2) is 10.7 Å². The SMILES string of the molecule is Brc1cnn2c1CNCC2.Cl. The lowest BCUT2D eigenvalue weighted by Gasteiger charge is -2.14. The molecule has 0 saturated carbocycles. The minimum atomic E-state index is 0. The van der Waals surface area contributed by atoms with Crippen LogP contribution in [0, 0.1) is 0 Å². The van der Waals surface area contributed by atoms with Crippen LogP contribution in [-0.4, -0.2) is 16.3 Å². The number of hydrogen-bond acceptors (Lipinski definition) is 2. The maximum atomic E-state index is 4.19. The van der Waals surface area contributed by atoms with Gasteiger partial charge in [-0.25, -0.2) is 0 Å². The van der Waals surface area contributed by atoms with Gasteiger partial charge in [0.15, 0.2) is 0 Å². The summed E-state index contributed by atoms with van der Waals surface area (Å²) in [5, 5.41) is 7.46. The highest BCUT2D eigenvalue weighted by atomic mass is 79.9. The Bertz CT molecular complexity index is 248. The van der Waals surface area contributed by atoms with Gasteiger partial charge in [-0.15, -0.1) is 12.4 Å². The van der Waals surface area contributed by atoms with E-state index < -0.39 is 0 Å². The third-order valence-corrected chi connectivity index (χ3v) is 2.35. The molecule has 0 atom stereocenters. The highest BCUT2D eigenvalue weighted by Gasteiger charge is 2.11. The molecule has 0 aliphatic carbocycles. The van der Waals surface area contributed by atoms with Crippen molar-refractivity contribution in [2.24, 2.45) is 0 Å². The lowest BCUT2D eigenvalue weighted by Crippen LogP contribution is -2.28. The van der Waals surface area contributed by atoms with Gasteiger partial charge in [0.2, 0.25) is 0 Å². The molecule has 2 heterocycles. The highest BCUT2D eigenvalue weighted by molar-refractivity contribution is 9.10. The maximum absolute atomic E-state index is 4.19. The van der Waals surface area contributed by atoms with Gasteiger partial charge in [0.1, 0.15) is 0 Å². The number of nitrogens with zero attached hydrogens (tertiary/aromatic N) is 2. The Morgan fingerprint density at radius 2 is 2.45 bits per heavy atom. The van der Waals surface area contributed by atoms with Crippen molar-refractivity contribution in [2.75, 3.05) is 6.54 Å². The van der Waals surface area contributed by atoms with E-state index in [0.717, 1.165) is 24.1 Å². The number of nitrogens with one attached hydrogen (secondary N) is 1. The van der Waals surface area contributed by atoms with Crippen LogP contribution in [0.25, 0.3) is 0 Å². The van der Waals surface area contributed by atoms with E-state index in [1.54, 1.807) is 0 Å². The largest absolute Gasteiger partial charge is 0.309 e. The van der Waals surface area contributed by atoms with Crippen LogP contribution in [0.5, 0.6) is 0 Å². The molecule has 0 radical (unpaired) electrons. The first-order valence-corrected chi connectivity index (χ1v) is 4.08. The van der Waals surface area contributed by atoms with Gasteiger partial charge in [-0.2, -0.15) is 5.10 Å². The Kier molecular flexibility index (Phi) is 2.92.